The molecule has 0 aromatic rings. The first-order valence-electron chi connectivity index (χ1n) is 37.4. The summed E-state index contributed by atoms with van der Waals surface area (Å²) < 4.78 is 10.1. The van der Waals surface area contributed by atoms with Crippen LogP contribution in [0.4, 0.5) is 0 Å². The van der Waals surface area contributed by atoms with E-state index in [0.717, 1.165) is 31.5 Å². The van der Waals surface area contributed by atoms with Crippen molar-refractivity contribution < 1.29 is 190 Å². The number of ether oxygens (including phenoxy) is 2. The smallest absolute Gasteiger partial charge is 0.498 e. The van der Waals surface area contributed by atoms with Gasteiger partial charge in [-0.15, -0.1) is 6.42 Å². The first-order chi connectivity index (χ1) is 47.6. The SMILES string of the molecule is CC(C)CN(C)CC(C)C.C[CH-]C.C[CH-]C.C[CH-]C.C[CH-]C.C[CH-]C.C[CH-]C.C[CH-]C.[CH2-]C(=O)N(C)CC(C)C.[CH2-]CC(=O)C(C)C.[CH2-]COCCN(C)C(=O)CN(C)CC(C)C.[CH2-]N(C)C(=O)C(C)C.[CH2-]N(C)C(=O)CN(C)C(C)C.[CH2-]N(C)C(=O)CN(C)CC(C)C.[CH2-]N(C)C(=O)COC(C)C.[W+2].[W+2].[W+2].[W+2].[W+2].[W+2].[W+2]. The Balaban J connectivity index is -0.0000000392. The minimum absolute atomic E-state index is 0. The number of hydrogen-bond donors (Lipinski definition) is 0. The van der Waals surface area contributed by atoms with Crippen molar-refractivity contribution in [3.05, 3.63) is 93.9 Å². The van der Waals surface area contributed by atoms with Crippen molar-refractivity contribution in [2.45, 2.75) is 240 Å². The van der Waals surface area contributed by atoms with Crippen molar-refractivity contribution in [1.29, 1.82) is 0 Å². The molecule has 6 amide bonds. The Bertz CT molecular complexity index is 1710. The van der Waals surface area contributed by atoms with Gasteiger partial charge < -0.3 is 119 Å². The van der Waals surface area contributed by atoms with E-state index in [9.17, 15) is 33.6 Å². The van der Waals surface area contributed by atoms with Crippen LogP contribution in [0.25, 0.3) is 0 Å². The molecule has 0 aliphatic rings. The second kappa shape index (κ2) is 132. The molecule has 0 fully saturated rings. The number of likely N-dealkylation sites (N-methyl/N-ethyl adjacent to an activating group) is 7. The van der Waals surface area contributed by atoms with Crippen LogP contribution in [0, 0.1) is 135 Å². The van der Waals surface area contributed by atoms with Gasteiger partial charge >= 0.3 is 147 Å². The van der Waals surface area contributed by atoms with E-state index in [2.05, 4.69) is 144 Å². The van der Waals surface area contributed by atoms with E-state index in [0.29, 0.717) is 69.6 Å². The average molecular weight is 2780 g/mol. The maximum Gasteiger partial charge on any atom is 2.00 e. The van der Waals surface area contributed by atoms with Crippen molar-refractivity contribution in [2.75, 3.05) is 149 Å². The summed E-state index contributed by atoms with van der Waals surface area (Å²) in [5, 5.41) is 0. The van der Waals surface area contributed by atoms with Crippen LogP contribution in [-0.4, -0.2) is 252 Å². The number of carbonyl (C=O) groups is 7. The van der Waals surface area contributed by atoms with Crippen molar-refractivity contribution in [2.24, 2.45) is 41.4 Å². The number of amides is 6. The van der Waals surface area contributed by atoms with Crippen LogP contribution < -0.4 is 0 Å². The number of carbonyl (C=O) groups excluding carboxylic acids is 7. The fourth-order valence-corrected chi connectivity index (χ4v) is 6.07. The van der Waals surface area contributed by atoms with Gasteiger partial charge in [0.15, 0.2) is 5.91 Å². The Kier molecular flexibility index (Phi) is 202. The molecule has 0 rings (SSSR count). The molecule has 19 nitrogen and oxygen atoms in total. The average Bonchev–Trinajstić information content (AvgIpc) is 0.961. The van der Waals surface area contributed by atoms with Crippen molar-refractivity contribution in [1.82, 2.24) is 49.0 Å². The Morgan fingerprint density at radius 3 is 0.784 bits per heavy atom. The van der Waals surface area contributed by atoms with E-state index in [1.165, 1.54) is 32.7 Å². The summed E-state index contributed by atoms with van der Waals surface area (Å²) >= 11 is 0. The third-order valence-corrected chi connectivity index (χ3v) is 10.6. The third-order valence-electron chi connectivity index (χ3n) is 10.6. The molecule has 0 bridgehead atoms. The number of rotatable bonds is 27. The summed E-state index contributed by atoms with van der Waals surface area (Å²) in [5.41, 5.74) is 0. The molecule has 111 heavy (non-hydrogen) atoms. The predicted octanol–water partition coefficient (Wildman–Crippen LogP) is 17.0. The quantitative estimate of drug-likeness (QED) is 0.0563. The first-order valence-corrected chi connectivity index (χ1v) is 37.4. The number of Topliss-reactive ketones (excluding diaryl/α,β-unsaturated/α-hetero) is 1. The topological polar surface area (TPSA) is 170 Å². The molecule has 0 unspecified atom stereocenters. The molecule has 0 aliphatic carbocycles. The minimum Gasteiger partial charge on any atom is -0.498 e. The summed E-state index contributed by atoms with van der Waals surface area (Å²) in [5.74, 6) is 3.86. The summed E-state index contributed by atoms with van der Waals surface area (Å²) in [4.78, 5) is 93.5. The molecule has 0 atom stereocenters. The molecule has 0 aromatic carbocycles. The molecular weight excluding hydrogens is 2590 g/mol. The summed E-state index contributed by atoms with van der Waals surface area (Å²) in [6.45, 7) is 83.6. The number of hydrogen-bond acceptors (Lipinski definition) is 13. The van der Waals surface area contributed by atoms with Crippen LogP contribution in [0.2, 0.25) is 0 Å². The number of ketones is 1. The first kappa shape index (κ1) is 170. The van der Waals surface area contributed by atoms with Gasteiger partial charge in [0.1, 0.15) is 12.4 Å². The molecule has 0 saturated carbocycles. The van der Waals surface area contributed by atoms with Crippen molar-refractivity contribution >= 4 is 41.2 Å². The van der Waals surface area contributed by atoms with Crippen LogP contribution in [-0.2, 0) is 190 Å². The van der Waals surface area contributed by atoms with Crippen LogP contribution >= 0.6 is 0 Å². The maximum absolute atomic E-state index is 11.7. The third kappa shape index (κ3) is 201. The summed E-state index contributed by atoms with van der Waals surface area (Å²) in [7, 11) is 32.1. The Morgan fingerprint density at radius 1 is 0.351 bits per heavy atom. The maximum atomic E-state index is 11.7. The molecule has 0 radical (unpaired) electrons. The van der Waals surface area contributed by atoms with Gasteiger partial charge in [0.2, 0.25) is 23.6 Å². The summed E-state index contributed by atoms with van der Waals surface area (Å²) in [6.07, 6.45) is 14.5. The molecule has 668 valence electrons. The van der Waals surface area contributed by atoms with Gasteiger partial charge in [-0.25, -0.2) is 0 Å². The molecule has 0 spiro atoms. The fourth-order valence-electron chi connectivity index (χ4n) is 6.07. The van der Waals surface area contributed by atoms with Gasteiger partial charge in [0.25, 0.3) is 0 Å². The van der Waals surface area contributed by atoms with Crippen molar-refractivity contribution in [3.63, 3.8) is 0 Å². The van der Waals surface area contributed by atoms with Gasteiger partial charge in [-0.05, 0) is 114 Å². The fraction of sp³-hybridized carbons (Fsp3) is 0.753. The van der Waals surface area contributed by atoms with Crippen LogP contribution in [0.5, 0.6) is 0 Å². The van der Waals surface area contributed by atoms with Gasteiger partial charge in [-0.2, -0.15) is 96.9 Å². The standard InChI is InChI=1S/C12H25N2O2.C9H19N2O.C9H21N.C8H17N2O.C7H14NO2.C7H14NO.C6H12NO.C6H11O.7C3H7.7W/c1-6-16-8-7-14(5)12(15)10-13(4)9-11(2)3;1-8(2)6-11(5)7-9(12)10(3)4;1-8(2)6-10(5)7-9(3)4;1-7(2)10(5)6-8(11)9(3)4;1-6(2)10-5-7(9)8(3)4;1-6(2)5-8(4)7(3)9;1-5(2)6(8)7(3)4;1-4-6(7)5(2)3;7*1-3-2;;;;;;;/h11H,1,6-10H2,2-5H3;8H,3,6-7H2,1-2,4-5H3;8-9H,6-7H2,1-5H3;7H,3,6H2,1-2,4-5H3;6H,3,5H2,1-2,4H3;6H,3,5H2,1-2,4H3;5H,3H2,1-2,4H3;5H,1,4H2,2-3H3;7*3H,1-2H3;;;;;;;/q2*-1;;12*-1;7*+2. The molecule has 0 aliphatic heterocycles. The largest absolute Gasteiger partial charge is 2.00 e. The predicted molar refractivity (Wildman–Crippen MR) is 459 cm³/mol. The monoisotopic (exact) mass is 2780 g/mol. The van der Waals surface area contributed by atoms with E-state index in [1.807, 2.05) is 219 Å². The number of nitrogens with zero attached hydrogens (tertiary/aromatic N) is 10. The van der Waals surface area contributed by atoms with E-state index in [4.69, 9.17) is 9.47 Å². The van der Waals surface area contributed by atoms with Gasteiger partial charge in [-0.3, -0.25) is 66.9 Å². The minimum atomic E-state index is -0.108. The van der Waals surface area contributed by atoms with E-state index < -0.39 is 0 Å². The Hall–Kier alpha value is 0.938. The zero-order valence-electron chi connectivity index (χ0n) is 79.9. The zero-order chi connectivity index (χ0) is 86.6. The van der Waals surface area contributed by atoms with E-state index in [-0.39, 0.29) is 213 Å². The molecule has 26 heteroatoms. The van der Waals surface area contributed by atoms with Gasteiger partial charge in [0, 0.05) is 71.2 Å². The van der Waals surface area contributed by atoms with Gasteiger partial charge in [0.05, 0.1) is 38.3 Å². The van der Waals surface area contributed by atoms with Crippen LogP contribution in [0.3, 0.4) is 0 Å². The Morgan fingerprint density at radius 2 is 0.613 bits per heavy atom. The van der Waals surface area contributed by atoms with E-state index in [1.54, 1.807) is 52.1 Å². The van der Waals surface area contributed by atoms with Crippen LogP contribution in [0.1, 0.15) is 228 Å². The van der Waals surface area contributed by atoms with Crippen LogP contribution in [0.15, 0.2) is 0 Å². The van der Waals surface area contributed by atoms with Gasteiger partial charge in [-0.1, -0.05) is 104 Å². The Labute approximate surface area is 797 Å². The summed E-state index contributed by atoms with van der Waals surface area (Å²) in [6, 6.07) is 0.402. The molecule has 0 saturated heterocycles. The normalized spacial score (nSPS) is 9.09. The van der Waals surface area contributed by atoms with E-state index >= 15 is 0 Å². The van der Waals surface area contributed by atoms with Crippen molar-refractivity contribution in [3.8, 4) is 0 Å². The molecule has 0 heterocycles. The zero-order valence-corrected chi connectivity index (χ0v) is 100. The molecule has 0 N–H and O–H groups in total. The second-order valence-corrected chi connectivity index (χ2v) is 28.5. The molecular formula is C85H182N10O9W7. The molecule has 0 aromatic heterocycles. The second-order valence-electron chi connectivity index (χ2n) is 28.5.